The number of rotatable bonds is 2. The zero-order chi connectivity index (χ0) is 15.6. The minimum Gasteiger partial charge on any atom is -0.228 e. The summed E-state index contributed by atoms with van der Waals surface area (Å²) in [4.78, 5) is 9.41. The summed E-state index contributed by atoms with van der Waals surface area (Å²) in [5.74, 6) is 0.769. The van der Waals surface area contributed by atoms with Crippen LogP contribution in [0.4, 0.5) is 0 Å². The summed E-state index contributed by atoms with van der Waals surface area (Å²) < 4.78 is 0.980. The van der Waals surface area contributed by atoms with E-state index < -0.39 is 0 Å². The molecule has 0 saturated carbocycles. The summed E-state index contributed by atoms with van der Waals surface area (Å²) >= 11 is 2.28. The van der Waals surface area contributed by atoms with E-state index in [0.717, 1.165) is 26.0 Å². The number of nitrogens with zero attached hydrogens (tertiary/aromatic N) is 2. The van der Waals surface area contributed by atoms with Crippen LogP contribution in [0.3, 0.4) is 0 Å². The van der Waals surface area contributed by atoms with Crippen LogP contribution in [0.1, 0.15) is 0 Å². The molecule has 110 valence electrons. The van der Waals surface area contributed by atoms with E-state index in [4.69, 9.17) is 4.98 Å². The molecule has 1 aromatic heterocycles. The van der Waals surface area contributed by atoms with Crippen molar-refractivity contribution in [2.45, 2.75) is 0 Å². The molecule has 3 heteroatoms. The van der Waals surface area contributed by atoms with E-state index in [-0.39, 0.29) is 0 Å². The predicted molar refractivity (Wildman–Crippen MR) is 103 cm³/mol. The Balaban J connectivity index is 1.85. The molecule has 0 spiro atoms. The first-order valence-corrected chi connectivity index (χ1v) is 8.47. The molecule has 0 fully saturated rings. The van der Waals surface area contributed by atoms with Gasteiger partial charge in [0, 0.05) is 10.9 Å². The van der Waals surface area contributed by atoms with Crippen LogP contribution in [0.25, 0.3) is 33.4 Å². The predicted octanol–water partition coefficient (Wildman–Crippen LogP) is 5.57. The highest BCUT2D eigenvalue weighted by Crippen LogP contribution is 2.26. The quantitative estimate of drug-likeness (QED) is 0.320. The summed E-state index contributed by atoms with van der Waals surface area (Å²) in [5.41, 5.74) is 4.39. The first kappa shape index (κ1) is 14.3. The van der Waals surface area contributed by atoms with E-state index in [1.54, 1.807) is 0 Å². The number of hydrogen-bond acceptors (Lipinski definition) is 2. The molecule has 0 aliphatic rings. The molecule has 0 atom stereocenters. The maximum atomic E-state index is 4.73. The van der Waals surface area contributed by atoms with E-state index >= 15 is 0 Å². The van der Waals surface area contributed by atoms with Gasteiger partial charge in [-0.3, -0.25) is 0 Å². The molecule has 0 unspecified atom stereocenters. The molecular weight excluding hydrogens is 395 g/mol. The molecule has 0 amide bonds. The van der Waals surface area contributed by atoms with Crippen molar-refractivity contribution < 1.29 is 0 Å². The minimum absolute atomic E-state index is 0.769. The fourth-order valence-corrected chi connectivity index (χ4v) is 3.32. The zero-order valence-electron chi connectivity index (χ0n) is 12.3. The lowest BCUT2D eigenvalue weighted by Crippen LogP contribution is -1.94. The van der Waals surface area contributed by atoms with Crippen LogP contribution in [0, 0.1) is 3.70 Å². The molecule has 0 saturated heterocycles. The highest BCUT2D eigenvalue weighted by atomic mass is 127. The summed E-state index contributed by atoms with van der Waals surface area (Å²) in [6, 6.07) is 26.9. The fourth-order valence-electron chi connectivity index (χ4n) is 2.64. The van der Waals surface area contributed by atoms with Crippen LogP contribution < -0.4 is 0 Å². The molecule has 0 aliphatic carbocycles. The fraction of sp³-hybridized carbons (Fsp3) is 0. The maximum absolute atomic E-state index is 4.73. The maximum Gasteiger partial charge on any atom is 0.160 e. The largest absolute Gasteiger partial charge is 0.228 e. The molecule has 0 radical (unpaired) electrons. The van der Waals surface area contributed by atoms with Gasteiger partial charge in [0.1, 0.15) is 3.70 Å². The molecule has 1 heterocycles. The molecule has 3 aromatic carbocycles. The summed E-state index contributed by atoms with van der Waals surface area (Å²) in [6.07, 6.45) is 0. The number of para-hydroxylation sites is 1. The van der Waals surface area contributed by atoms with Gasteiger partial charge in [-0.05, 0) is 45.9 Å². The van der Waals surface area contributed by atoms with E-state index in [1.807, 2.05) is 24.3 Å². The Morgan fingerprint density at radius 1 is 0.609 bits per heavy atom. The zero-order valence-corrected chi connectivity index (χ0v) is 14.4. The van der Waals surface area contributed by atoms with Crippen LogP contribution in [-0.4, -0.2) is 9.97 Å². The third-order valence-corrected chi connectivity index (χ3v) is 4.61. The first-order chi connectivity index (χ1) is 11.3. The summed E-state index contributed by atoms with van der Waals surface area (Å²) in [7, 11) is 0. The Labute approximate surface area is 148 Å². The SMILES string of the molecule is Ic1nc(-c2cccc(-c3ccccc3)c2)nc2ccccc12. The van der Waals surface area contributed by atoms with Crippen molar-refractivity contribution in [3.05, 3.63) is 82.6 Å². The van der Waals surface area contributed by atoms with Crippen LogP contribution in [0.15, 0.2) is 78.9 Å². The van der Waals surface area contributed by atoms with Crippen LogP contribution >= 0.6 is 22.6 Å². The molecule has 4 rings (SSSR count). The van der Waals surface area contributed by atoms with E-state index in [0.29, 0.717) is 0 Å². The Kier molecular flexibility index (Phi) is 3.79. The van der Waals surface area contributed by atoms with Gasteiger partial charge in [0.05, 0.1) is 5.52 Å². The highest BCUT2D eigenvalue weighted by Gasteiger charge is 2.08. The topological polar surface area (TPSA) is 25.8 Å². The normalized spacial score (nSPS) is 10.8. The smallest absolute Gasteiger partial charge is 0.160 e. The summed E-state index contributed by atoms with van der Waals surface area (Å²) in [5, 5.41) is 1.09. The first-order valence-electron chi connectivity index (χ1n) is 7.39. The summed E-state index contributed by atoms with van der Waals surface area (Å²) in [6.45, 7) is 0. The number of aromatic nitrogens is 2. The lowest BCUT2D eigenvalue weighted by atomic mass is 10.0. The Bertz CT molecular complexity index is 981. The minimum atomic E-state index is 0.769. The van der Waals surface area contributed by atoms with Gasteiger partial charge >= 0.3 is 0 Å². The van der Waals surface area contributed by atoms with Crippen molar-refractivity contribution in [1.29, 1.82) is 0 Å². The van der Waals surface area contributed by atoms with Gasteiger partial charge in [0.25, 0.3) is 0 Å². The van der Waals surface area contributed by atoms with Crippen molar-refractivity contribution in [1.82, 2.24) is 9.97 Å². The molecule has 0 N–H and O–H groups in total. The van der Waals surface area contributed by atoms with E-state index in [2.05, 4.69) is 82.2 Å². The lowest BCUT2D eigenvalue weighted by molar-refractivity contribution is 1.20. The molecule has 0 aliphatic heterocycles. The number of hydrogen-bond donors (Lipinski definition) is 0. The Hall–Kier alpha value is -2.27. The molecule has 2 nitrogen and oxygen atoms in total. The van der Waals surface area contributed by atoms with Crippen LogP contribution in [-0.2, 0) is 0 Å². The molecular formula is C20H13IN2. The van der Waals surface area contributed by atoms with Crippen molar-refractivity contribution in [3.8, 4) is 22.5 Å². The van der Waals surface area contributed by atoms with E-state index in [1.165, 1.54) is 11.1 Å². The number of benzene rings is 3. The van der Waals surface area contributed by atoms with Crippen LogP contribution in [0.5, 0.6) is 0 Å². The van der Waals surface area contributed by atoms with Crippen LogP contribution in [0.2, 0.25) is 0 Å². The average molecular weight is 408 g/mol. The molecule has 23 heavy (non-hydrogen) atoms. The second kappa shape index (κ2) is 6.08. The number of halogens is 1. The van der Waals surface area contributed by atoms with Crippen molar-refractivity contribution in [3.63, 3.8) is 0 Å². The van der Waals surface area contributed by atoms with Gasteiger partial charge in [-0.25, -0.2) is 9.97 Å². The second-order valence-corrected chi connectivity index (χ2v) is 6.32. The van der Waals surface area contributed by atoms with Crippen molar-refractivity contribution in [2.24, 2.45) is 0 Å². The standard InChI is InChI=1S/C20H13IN2/c21-19-17-11-4-5-12-18(17)22-20(23-19)16-10-6-9-15(13-16)14-7-2-1-3-8-14/h1-13H. The van der Waals surface area contributed by atoms with Crippen molar-refractivity contribution in [2.75, 3.05) is 0 Å². The molecule has 0 bridgehead atoms. The third kappa shape index (κ3) is 2.84. The second-order valence-electron chi connectivity index (χ2n) is 5.30. The number of fused-ring (bicyclic) bond motifs is 1. The van der Waals surface area contributed by atoms with Gasteiger partial charge in [0.15, 0.2) is 5.82 Å². The van der Waals surface area contributed by atoms with Crippen molar-refractivity contribution >= 4 is 33.5 Å². The Morgan fingerprint density at radius 2 is 1.30 bits per heavy atom. The molecule has 4 aromatic rings. The van der Waals surface area contributed by atoms with E-state index in [9.17, 15) is 0 Å². The lowest BCUT2D eigenvalue weighted by Gasteiger charge is -2.07. The Morgan fingerprint density at radius 3 is 2.17 bits per heavy atom. The monoisotopic (exact) mass is 408 g/mol. The van der Waals surface area contributed by atoms with Gasteiger partial charge in [-0.1, -0.05) is 66.7 Å². The van der Waals surface area contributed by atoms with Gasteiger partial charge in [-0.15, -0.1) is 0 Å². The van der Waals surface area contributed by atoms with Gasteiger partial charge in [-0.2, -0.15) is 0 Å². The third-order valence-electron chi connectivity index (χ3n) is 3.78. The average Bonchev–Trinajstić information content (AvgIpc) is 2.62. The van der Waals surface area contributed by atoms with Gasteiger partial charge in [0.2, 0.25) is 0 Å². The van der Waals surface area contributed by atoms with Gasteiger partial charge < -0.3 is 0 Å². The highest BCUT2D eigenvalue weighted by molar-refractivity contribution is 14.1.